The zero-order valence-electron chi connectivity index (χ0n) is 6.12. The Morgan fingerprint density at radius 2 is 2.00 bits per heavy atom. The van der Waals surface area contributed by atoms with E-state index in [1.807, 2.05) is 6.92 Å². The first kappa shape index (κ1) is 3.20. The van der Waals surface area contributed by atoms with Crippen molar-refractivity contribution in [3.05, 3.63) is 0 Å². The molecule has 0 aromatic carbocycles. The summed E-state index contributed by atoms with van der Waals surface area (Å²) in [6, 6.07) is 0. The molecule has 0 aromatic rings. The molecule has 0 aromatic heterocycles. The van der Waals surface area contributed by atoms with Crippen LogP contribution in [0, 0.1) is 0 Å². The summed E-state index contributed by atoms with van der Waals surface area (Å²) in [5.41, 5.74) is 0. The molecule has 0 radical (unpaired) electrons. The van der Waals surface area contributed by atoms with Crippen LogP contribution in [0.3, 0.4) is 0 Å². The fourth-order valence-corrected chi connectivity index (χ4v) is 0. The largest absolute Gasteiger partial charge is 0.0683 e. The van der Waals surface area contributed by atoms with Crippen LogP contribution in [0.1, 0.15) is 36.8 Å². The molecule has 0 heteroatoms. The van der Waals surface area contributed by atoms with Gasteiger partial charge in [0.2, 0.25) is 0 Å². The highest BCUT2D eigenvalue weighted by Crippen LogP contribution is 1.56. The number of hydrogen-bond acceptors (Lipinski definition) is 0. The molecule has 34 valence electrons. The van der Waals surface area contributed by atoms with E-state index in [1.54, 1.807) is 6.92 Å². The molecule has 0 rings (SSSR count). The van der Waals surface area contributed by atoms with E-state index < -0.39 is 0 Å². The van der Waals surface area contributed by atoms with E-state index >= 15 is 0 Å². The van der Waals surface area contributed by atoms with Gasteiger partial charge >= 0.3 is 0 Å². The Balaban J connectivity index is 0. The van der Waals surface area contributed by atoms with Crippen LogP contribution in [0.4, 0.5) is 0 Å². The van der Waals surface area contributed by atoms with Crippen molar-refractivity contribution in [1.82, 2.24) is 0 Å². The SMILES string of the molecule is [2H]CC.[2H]CCC. The van der Waals surface area contributed by atoms with Gasteiger partial charge in [0.1, 0.15) is 0 Å². The second kappa shape index (κ2) is 36.0. The van der Waals surface area contributed by atoms with Gasteiger partial charge in [0, 0.05) is 2.74 Å². The monoisotopic (exact) mass is 76.1 g/mol. The lowest BCUT2D eigenvalue weighted by Crippen LogP contribution is -1.27. The Labute approximate surface area is 38.0 Å². The molecule has 0 unspecified atom stereocenters. The van der Waals surface area contributed by atoms with Crippen molar-refractivity contribution in [2.45, 2.75) is 34.1 Å². The van der Waals surface area contributed by atoms with Gasteiger partial charge in [-0.05, 0) is 0 Å². The van der Waals surface area contributed by atoms with Gasteiger partial charge in [0.25, 0.3) is 0 Å². The van der Waals surface area contributed by atoms with Crippen LogP contribution in [-0.4, -0.2) is 0 Å². The molecule has 0 bridgehead atoms. The van der Waals surface area contributed by atoms with Gasteiger partial charge in [0.05, 0.1) is 0 Å². The topological polar surface area (TPSA) is 0 Å². The van der Waals surface area contributed by atoms with Crippen LogP contribution in [0.2, 0.25) is 0 Å². The quantitative estimate of drug-likeness (QED) is 0.415. The van der Waals surface area contributed by atoms with Crippen molar-refractivity contribution in [2.24, 2.45) is 0 Å². The van der Waals surface area contributed by atoms with Gasteiger partial charge in [-0.25, -0.2) is 0 Å². The summed E-state index contributed by atoms with van der Waals surface area (Å²) in [4.78, 5) is 0. The van der Waals surface area contributed by atoms with E-state index in [9.17, 15) is 0 Å². The van der Waals surface area contributed by atoms with E-state index in [0.717, 1.165) is 6.42 Å². The normalized spacial score (nSPS) is 10.0. The Hall–Kier alpha value is 0. The molecular weight excluding hydrogens is 60.1 g/mol. The standard InChI is InChI=1S/C3H8.C2H6/c1-3-2;1-2/h3H2,1-2H3;1-2H3/i2*1D. The van der Waals surface area contributed by atoms with Crippen LogP contribution in [0.15, 0.2) is 0 Å². The number of hydrogen-bond donors (Lipinski definition) is 0. The van der Waals surface area contributed by atoms with Crippen LogP contribution in [0.25, 0.3) is 0 Å². The molecule has 0 amide bonds. The Morgan fingerprint density at radius 3 is 2.00 bits per heavy atom. The molecule has 0 saturated heterocycles. The van der Waals surface area contributed by atoms with Crippen molar-refractivity contribution in [2.75, 3.05) is 0 Å². The zero-order valence-corrected chi connectivity index (χ0v) is 4.12. The third kappa shape index (κ3) is 0. The predicted octanol–water partition coefficient (Wildman–Crippen LogP) is 2.44. The maximum Gasteiger partial charge on any atom is 0.0230 e. The van der Waals surface area contributed by atoms with Crippen molar-refractivity contribution in [1.29, 1.82) is 0 Å². The van der Waals surface area contributed by atoms with Crippen LogP contribution >= 0.6 is 0 Å². The van der Waals surface area contributed by atoms with Crippen LogP contribution < -0.4 is 0 Å². The van der Waals surface area contributed by atoms with E-state index in [2.05, 4.69) is 0 Å². The maximum absolute atomic E-state index is 6.45. The molecule has 0 fully saturated rings. The third-order valence-electron chi connectivity index (χ3n) is 0. The smallest absolute Gasteiger partial charge is 0.0230 e. The first-order chi connectivity index (χ1) is 3.33. The van der Waals surface area contributed by atoms with Crippen LogP contribution in [0.5, 0.6) is 0 Å². The molecule has 0 heterocycles. The highest BCUT2D eigenvalue weighted by atomic mass is 13.4. The molecule has 0 saturated carbocycles. The summed E-state index contributed by atoms with van der Waals surface area (Å²) in [5, 5.41) is 0. The summed E-state index contributed by atoms with van der Waals surface area (Å²) in [5.74, 6) is 0. The molecule has 0 nitrogen and oxygen atoms in total. The summed E-state index contributed by atoms with van der Waals surface area (Å²) in [6.07, 6.45) is 0.986. The minimum Gasteiger partial charge on any atom is -0.0683 e. The summed E-state index contributed by atoms with van der Waals surface area (Å²) >= 11 is 0. The van der Waals surface area contributed by atoms with Gasteiger partial charge in [-0.2, -0.15) is 0 Å². The van der Waals surface area contributed by atoms with Crippen LogP contribution in [-0.2, 0) is 0 Å². The molecule has 0 aliphatic rings. The fourth-order valence-electron chi connectivity index (χ4n) is 0. The molecule has 0 spiro atoms. The second-order valence-corrected chi connectivity index (χ2v) is 0.500. The lowest BCUT2D eigenvalue weighted by Gasteiger charge is -1.48. The summed E-state index contributed by atoms with van der Waals surface area (Å²) in [6.45, 7) is 4.85. The van der Waals surface area contributed by atoms with Crippen molar-refractivity contribution in [3.8, 4) is 0 Å². The second-order valence-electron chi connectivity index (χ2n) is 0.500. The van der Waals surface area contributed by atoms with Crippen molar-refractivity contribution >= 4 is 0 Å². The Kier molecular flexibility index (Phi) is 23.0. The first-order valence-corrected chi connectivity index (χ1v) is 1.91. The zero-order chi connectivity index (χ0) is 6.12. The Bertz CT molecular complexity index is 13.6. The average molecular weight is 76.2 g/mol. The van der Waals surface area contributed by atoms with Gasteiger partial charge < -0.3 is 0 Å². The third-order valence-corrected chi connectivity index (χ3v) is 0. The average Bonchev–Trinajstić information content (AvgIpc) is 1.69. The van der Waals surface area contributed by atoms with Gasteiger partial charge in [-0.1, -0.05) is 34.1 Å². The van der Waals surface area contributed by atoms with Gasteiger partial charge in [-0.3, -0.25) is 0 Å². The summed E-state index contributed by atoms with van der Waals surface area (Å²) in [7, 11) is 0. The van der Waals surface area contributed by atoms with E-state index in [0.29, 0.717) is 13.8 Å². The highest BCUT2D eigenvalue weighted by molar-refractivity contribution is 3.92. The first-order valence-electron chi connectivity index (χ1n) is 3.33. The molecule has 0 N–H and O–H groups in total. The maximum atomic E-state index is 6.45. The minimum atomic E-state index is 0.500. The van der Waals surface area contributed by atoms with Crippen molar-refractivity contribution < 1.29 is 2.74 Å². The summed E-state index contributed by atoms with van der Waals surface area (Å²) < 4.78 is 12.7. The van der Waals surface area contributed by atoms with Crippen molar-refractivity contribution in [3.63, 3.8) is 0 Å². The molecule has 0 aliphatic carbocycles. The fraction of sp³-hybridized carbons (Fsp3) is 1.00. The Morgan fingerprint density at radius 1 is 1.80 bits per heavy atom. The lowest BCUT2D eigenvalue weighted by atomic mass is 10.6. The lowest BCUT2D eigenvalue weighted by molar-refractivity contribution is 1.09. The molecule has 5 heavy (non-hydrogen) atoms. The van der Waals surface area contributed by atoms with E-state index in [4.69, 9.17) is 2.74 Å². The number of rotatable bonds is 0. The molecule has 0 aliphatic heterocycles. The minimum absolute atomic E-state index is 0.500. The van der Waals surface area contributed by atoms with Gasteiger partial charge in [0.15, 0.2) is 0 Å². The predicted molar refractivity (Wildman–Crippen MR) is 27.3 cm³/mol. The molecular formula is C5H14. The molecule has 0 atom stereocenters. The van der Waals surface area contributed by atoms with Gasteiger partial charge in [-0.15, -0.1) is 0 Å². The highest BCUT2D eigenvalue weighted by Gasteiger charge is 1.35. The van der Waals surface area contributed by atoms with E-state index in [1.165, 1.54) is 0 Å². The van der Waals surface area contributed by atoms with E-state index in [-0.39, 0.29) is 0 Å².